The summed E-state index contributed by atoms with van der Waals surface area (Å²) in [5, 5.41) is 9.23. The molecule has 5 nitrogen and oxygen atoms in total. The molecular formula is C16H28N2O3. The highest BCUT2D eigenvalue weighted by Crippen LogP contribution is 2.31. The number of nitrogens with zero attached hydrogens (tertiary/aromatic N) is 2. The Balaban J connectivity index is 1.83. The molecule has 2 saturated heterocycles. The molecule has 1 amide bonds. The third kappa shape index (κ3) is 3.96. The van der Waals surface area contributed by atoms with E-state index in [0.29, 0.717) is 44.3 Å². The number of hydrogen-bond acceptors (Lipinski definition) is 3. The van der Waals surface area contributed by atoms with E-state index in [-0.39, 0.29) is 5.91 Å². The molecule has 2 atom stereocenters. The minimum absolute atomic E-state index is 0.201. The number of likely N-dealkylation sites (tertiary alicyclic amines) is 2. The molecule has 120 valence electrons. The second-order valence-corrected chi connectivity index (χ2v) is 7.39. The Hall–Kier alpha value is -1.10. The lowest BCUT2D eigenvalue weighted by molar-refractivity contribution is -0.151. The predicted molar refractivity (Wildman–Crippen MR) is 80.9 cm³/mol. The van der Waals surface area contributed by atoms with E-state index in [9.17, 15) is 14.7 Å². The maximum Gasteiger partial charge on any atom is 0.309 e. The molecule has 0 aliphatic carbocycles. The van der Waals surface area contributed by atoms with Gasteiger partial charge in [0.15, 0.2) is 0 Å². The summed E-state index contributed by atoms with van der Waals surface area (Å²) in [6, 6.07) is 0. The van der Waals surface area contributed by atoms with Crippen LogP contribution in [0.4, 0.5) is 0 Å². The van der Waals surface area contributed by atoms with Gasteiger partial charge < -0.3 is 10.0 Å². The van der Waals surface area contributed by atoms with E-state index in [1.807, 2.05) is 11.8 Å². The van der Waals surface area contributed by atoms with Crippen molar-refractivity contribution in [3.63, 3.8) is 0 Å². The maximum atomic E-state index is 12.4. The number of carboxylic acid groups (broad SMARTS) is 1. The first-order valence-corrected chi connectivity index (χ1v) is 8.03. The van der Waals surface area contributed by atoms with Crippen molar-refractivity contribution in [1.29, 1.82) is 0 Å². The van der Waals surface area contributed by atoms with E-state index in [1.54, 1.807) is 0 Å². The van der Waals surface area contributed by atoms with E-state index in [4.69, 9.17) is 0 Å². The Morgan fingerprint density at radius 1 is 1.14 bits per heavy atom. The minimum Gasteiger partial charge on any atom is -0.481 e. The van der Waals surface area contributed by atoms with Gasteiger partial charge in [-0.25, -0.2) is 0 Å². The molecule has 2 unspecified atom stereocenters. The van der Waals surface area contributed by atoms with Crippen LogP contribution in [0.5, 0.6) is 0 Å². The standard InChI is InChI=1S/C16H28N2O3/c1-12-8-13(2)10-18(9-12)14(19)11-17-6-4-16(3,5-7-17)15(20)21/h12-13H,4-11H2,1-3H3,(H,20,21). The number of carbonyl (C=O) groups is 2. The first kappa shape index (κ1) is 16.3. The summed E-state index contributed by atoms with van der Waals surface area (Å²) in [6.45, 7) is 9.79. The number of hydrogen-bond donors (Lipinski definition) is 1. The Morgan fingerprint density at radius 2 is 1.67 bits per heavy atom. The van der Waals surface area contributed by atoms with Gasteiger partial charge >= 0.3 is 5.97 Å². The van der Waals surface area contributed by atoms with Gasteiger partial charge in [-0.2, -0.15) is 0 Å². The molecule has 0 aromatic heterocycles. The number of piperidine rings is 2. The summed E-state index contributed by atoms with van der Waals surface area (Å²) < 4.78 is 0. The number of rotatable bonds is 3. The minimum atomic E-state index is -0.716. The van der Waals surface area contributed by atoms with Gasteiger partial charge in [0.2, 0.25) is 5.91 Å². The summed E-state index contributed by atoms with van der Waals surface area (Å²) in [5.74, 6) is 0.642. The lowest BCUT2D eigenvalue weighted by atomic mass is 9.80. The molecule has 2 fully saturated rings. The van der Waals surface area contributed by atoms with Crippen molar-refractivity contribution < 1.29 is 14.7 Å². The Labute approximate surface area is 127 Å². The molecule has 5 heteroatoms. The predicted octanol–water partition coefficient (Wildman–Crippen LogP) is 1.68. The van der Waals surface area contributed by atoms with Crippen molar-refractivity contribution in [3.05, 3.63) is 0 Å². The highest BCUT2D eigenvalue weighted by Gasteiger charge is 2.37. The quantitative estimate of drug-likeness (QED) is 0.861. The molecule has 0 bridgehead atoms. The highest BCUT2D eigenvalue weighted by atomic mass is 16.4. The van der Waals surface area contributed by atoms with Crippen LogP contribution in [-0.4, -0.2) is 59.5 Å². The summed E-state index contributed by atoms with van der Waals surface area (Å²) in [7, 11) is 0. The van der Waals surface area contributed by atoms with Crippen LogP contribution in [0.1, 0.15) is 40.0 Å². The number of aliphatic carboxylic acids is 1. The van der Waals surface area contributed by atoms with Crippen LogP contribution in [0, 0.1) is 17.3 Å². The molecule has 0 spiro atoms. The van der Waals surface area contributed by atoms with Crippen molar-refractivity contribution in [1.82, 2.24) is 9.80 Å². The fourth-order valence-electron chi connectivity index (χ4n) is 3.58. The number of carbonyl (C=O) groups excluding carboxylic acids is 1. The van der Waals surface area contributed by atoms with Crippen molar-refractivity contribution in [2.24, 2.45) is 17.3 Å². The van der Waals surface area contributed by atoms with Crippen LogP contribution < -0.4 is 0 Å². The smallest absolute Gasteiger partial charge is 0.309 e. The van der Waals surface area contributed by atoms with E-state index in [1.165, 1.54) is 6.42 Å². The lowest BCUT2D eigenvalue weighted by Gasteiger charge is -2.39. The third-order valence-electron chi connectivity index (χ3n) is 5.06. The first-order chi connectivity index (χ1) is 9.80. The van der Waals surface area contributed by atoms with E-state index >= 15 is 0 Å². The second kappa shape index (κ2) is 6.34. The van der Waals surface area contributed by atoms with E-state index in [2.05, 4.69) is 18.7 Å². The third-order valence-corrected chi connectivity index (χ3v) is 5.06. The van der Waals surface area contributed by atoms with Crippen LogP contribution in [0.25, 0.3) is 0 Å². The van der Waals surface area contributed by atoms with Crippen molar-refractivity contribution in [2.75, 3.05) is 32.7 Å². The molecular weight excluding hydrogens is 268 g/mol. The van der Waals surface area contributed by atoms with Crippen LogP contribution in [0.3, 0.4) is 0 Å². The fourth-order valence-corrected chi connectivity index (χ4v) is 3.58. The summed E-state index contributed by atoms with van der Waals surface area (Å²) in [4.78, 5) is 27.7. The summed E-state index contributed by atoms with van der Waals surface area (Å²) in [5.41, 5.74) is -0.617. The van der Waals surface area contributed by atoms with Crippen LogP contribution >= 0.6 is 0 Å². The highest BCUT2D eigenvalue weighted by molar-refractivity contribution is 5.78. The molecule has 21 heavy (non-hydrogen) atoms. The van der Waals surface area contributed by atoms with Gasteiger partial charge in [-0.05, 0) is 51.1 Å². The van der Waals surface area contributed by atoms with Gasteiger partial charge in [0.25, 0.3) is 0 Å². The van der Waals surface area contributed by atoms with E-state index in [0.717, 1.165) is 13.1 Å². The van der Waals surface area contributed by atoms with Crippen molar-refractivity contribution in [2.45, 2.75) is 40.0 Å². The van der Waals surface area contributed by atoms with Gasteiger partial charge in [-0.3, -0.25) is 14.5 Å². The zero-order chi connectivity index (χ0) is 15.6. The largest absolute Gasteiger partial charge is 0.481 e. The zero-order valence-electron chi connectivity index (χ0n) is 13.5. The maximum absolute atomic E-state index is 12.4. The Bertz CT molecular complexity index is 392. The molecule has 2 rings (SSSR count). The van der Waals surface area contributed by atoms with Crippen LogP contribution in [-0.2, 0) is 9.59 Å². The average Bonchev–Trinajstić information content (AvgIpc) is 2.40. The zero-order valence-corrected chi connectivity index (χ0v) is 13.5. The molecule has 1 N–H and O–H groups in total. The number of amides is 1. The van der Waals surface area contributed by atoms with Gasteiger partial charge in [-0.15, -0.1) is 0 Å². The van der Waals surface area contributed by atoms with Crippen LogP contribution in [0.2, 0.25) is 0 Å². The average molecular weight is 296 g/mol. The molecule has 2 aliphatic rings. The normalized spacial score (nSPS) is 30.1. The SMILES string of the molecule is CC1CC(C)CN(C(=O)CN2CCC(C)(C(=O)O)CC2)C1. The first-order valence-electron chi connectivity index (χ1n) is 8.03. The molecule has 2 heterocycles. The Kier molecular flexibility index (Phi) is 4.91. The summed E-state index contributed by atoms with van der Waals surface area (Å²) >= 11 is 0. The second-order valence-electron chi connectivity index (χ2n) is 7.39. The Morgan fingerprint density at radius 3 is 2.14 bits per heavy atom. The van der Waals surface area contributed by atoms with Gasteiger partial charge in [0.05, 0.1) is 12.0 Å². The van der Waals surface area contributed by atoms with Crippen molar-refractivity contribution in [3.8, 4) is 0 Å². The molecule has 0 radical (unpaired) electrons. The monoisotopic (exact) mass is 296 g/mol. The molecule has 0 saturated carbocycles. The molecule has 2 aliphatic heterocycles. The van der Waals surface area contributed by atoms with Gasteiger partial charge in [0.1, 0.15) is 0 Å². The topological polar surface area (TPSA) is 60.9 Å². The fraction of sp³-hybridized carbons (Fsp3) is 0.875. The van der Waals surface area contributed by atoms with Crippen molar-refractivity contribution >= 4 is 11.9 Å². The van der Waals surface area contributed by atoms with Gasteiger partial charge in [-0.1, -0.05) is 13.8 Å². The molecule has 0 aromatic rings. The molecule has 0 aromatic carbocycles. The lowest BCUT2D eigenvalue weighted by Crippen LogP contribution is -2.50. The van der Waals surface area contributed by atoms with E-state index < -0.39 is 11.4 Å². The number of carboxylic acids is 1. The summed E-state index contributed by atoms with van der Waals surface area (Å²) in [6.07, 6.45) is 2.45. The van der Waals surface area contributed by atoms with Gasteiger partial charge in [0, 0.05) is 13.1 Å². The van der Waals surface area contributed by atoms with Crippen LogP contribution in [0.15, 0.2) is 0 Å².